The van der Waals surface area contributed by atoms with Crippen LogP contribution in [-0.4, -0.2) is 28.1 Å². The molecule has 0 bridgehead atoms. The molecule has 0 atom stereocenters. The number of ether oxygens (including phenoxy) is 1. The number of phenolic OH excluding ortho intramolecular Hbond substituents is 1. The molecule has 1 amide bonds. The first kappa shape index (κ1) is 14.4. The van der Waals surface area contributed by atoms with Crippen molar-refractivity contribution in [3.05, 3.63) is 40.4 Å². The molecule has 104 valence electrons. The molecule has 0 saturated heterocycles. The van der Waals surface area contributed by atoms with Crippen LogP contribution in [-0.2, 0) is 0 Å². The molecular weight excluding hydrogens is 305 g/mol. The highest BCUT2D eigenvalue weighted by molar-refractivity contribution is 6.38. The molecule has 0 spiro atoms. The Hall–Kier alpha value is -2.05. The predicted octanol–water partition coefficient (Wildman–Crippen LogP) is 2.75. The lowest BCUT2D eigenvalue weighted by Gasteiger charge is -2.09. The van der Waals surface area contributed by atoms with Crippen molar-refractivity contribution >= 4 is 34.8 Å². The van der Waals surface area contributed by atoms with Crippen LogP contribution in [0.15, 0.2) is 24.5 Å². The zero-order valence-corrected chi connectivity index (χ0v) is 11.7. The minimum absolute atomic E-state index is 0.0242. The summed E-state index contributed by atoms with van der Waals surface area (Å²) in [5.41, 5.74) is 0.315. The number of benzene rings is 1. The van der Waals surface area contributed by atoms with E-state index >= 15 is 0 Å². The van der Waals surface area contributed by atoms with E-state index in [1.54, 1.807) is 0 Å². The van der Waals surface area contributed by atoms with Crippen LogP contribution < -0.4 is 10.1 Å². The van der Waals surface area contributed by atoms with E-state index in [0.717, 1.165) is 0 Å². The molecule has 2 N–H and O–H groups in total. The molecule has 6 nitrogen and oxygen atoms in total. The van der Waals surface area contributed by atoms with Crippen LogP contribution in [0.5, 0.6) is 11.5 Å². The van der Waals surface area contributed by atoms with Gasteiger partial charge in [0, 0.05) is 5.56 Å². The SMILES string of the molecule is COc1ccc(C(=O)Nc2c(Cl)ncnc2Cl)cc1O. The molecule has 0 saturated carbocycles. The van der Waals surface area contributed by atoms with E-state index in [1.165, 1.54) is 31.6 Å². The zero-order chi connectivity index (χ0) is 14.7. The number of methoxy groups -OCH3 is 1. The predicted molar refractivity (Wildman–Crippen MR) is 74.7 cm³/mol. The number of halogens is 2. The van der Waals surface area contributed by atoms with E-state index in [0.29, 0.717) is 0 Å². The van der Waals surface area contributed by atoms with Crippen molar-refractivity contribution in [3.63, 3.8) is 0 Å². The Bertz CT molecular complexity index is 644. The van der Waals surface area contributed by atoms with Gasteiger partial charge in [-0.25, -0.2) is 9.97 Å². The summed E-state index contributed by atoms with van der Waals surface area (Å²) in [5.74, 6) is -0.399. The largest absolute Gasteiger partial charge is 0.504 e. The van der Waals surface area contributed by atoms with E-state index in [1.807, 2.05) is 0 Å². The lowest BCUT2D eigenvalue weighted by atomic mass is 10.2. The van der Waals surface area contributed by atoms with Crippen LogP contribution in [0.3, 0.4) is 0 Å². The van der Waals surface area contributed by atoms with Crippen molar-refractivity contribution in [2.75, 3.05) is 12.4 Å². The third kappa shape index (κ3) is 2.92. The average Bonchev–Trinajstić information content (AvgIpc) is 2.42. The number of hydrogen-bond acceptors (Lipinski definition) is 5. The van der Waals surface area contributed by atoms with E-state index in [-0.39, 0.29) is 33.1 Å². The van der Waals surface area contributed by atoms with Crippen LogP contribution in [0.1, 0.15) is 10.4 Å². The molecule has 0 aliphatic rings. The molecular formula is C12H9Cl2N3O3. The molecule has 0 unspecified atom stereocenters. The standard InChI is InChI=1S/C12H9Cl2N3O3/c1-20-8-3-2-6(4-7(8)18)12(19)17-9-10(13)15-5-16-11(9)14/h2-5,18H,1H3,(H,17,19). The molecule has 1 heterocycles. The van der Waals surface area contributed by atoms with Crippen molar-refractivity contribution in [1.29, 1.82) is 0 Å². The van der Waals surface area contributed by atoms with Crippen LogP contribution in [0.2, 0.25) is 10.3 Å². The van der Waals surface area contributed by atoms with E-state index in [9.17, 15) is 9.90 Å². The number of anilines is 1. The fourth-order valence-electron chi connectivity index (χ4n) is 1.46. The molecule has 8 heteroatoms. The number of rotatable bonds is 3. The summed E-state index contributed by atoms with van der Waals surface area (Å²) in [6.45, 7) is 0. The van der Waals surface area contributed by atoms with Gasteiger partial charge in [0.05, 0.1) is 7.11 Å². The summed E-state index contributed by atoms with van der Waals surface area (Å²) < 4.78 is 4.89. The smallest absolute Gasteiger partial charge is 0.255 e. The van der Waals surface area contributed by atoms with E-state index in [4.69, 9.17) is 27.9 Å². The first-order valence-corrected chi connectivity index (χ1v) is 6.13. The number of nitrogens with one attached hydrogen (secondary N) is 1. The van der Waals surface area contributed by atoms with Crippen LogP contribution in [0, 0.1) is 0 Å². The van der Waals surface area contributed by atoms with Crippen LogP contribution in [0.25, 0.3) is 0 Å². The molecule has 0 fully saturated rings. The summed E-state index contributed by atoms with van der Waals surface area (Å²) >= 11 is 11.6. The summed E-state index contributed by atoms with van der Waals surface area (Å²) in [4.78, 5) is 19.5. The van der Waals surface area contributed by atoms with Crippen molar-refractivity contribution in [2.45, 2.75) is 0 Å². The highest BCUT2D eigenvalue weighted by Gasteiger charge is 2.14. The quantitative estimate of drug-likeness (QED) is 0.851. The maximum absolute atomic E-state index is 12.0. The van der Waals surface area contributed by atoms with Crippen molar-refractivity contribution < 1.29 is 14.6 Å². The first-order chi connectivity index (χ1) is 9.52. The lowest BCUT2D eigenvalue weighted by molar-refractivity contribution is 0.102. The lowest BCUT2D eigenvalue weighted by Crippen LogP contribution is -2.13. The third-order valence-electron chi connectivity index (χ3n) is 2.43. The number of aromatic nitrogens is 2. The number of amides is 1. The van der Waals surface area contributed by atoms with Gasteiger partial charge in [0.25, 0.3) is 5.91 Å². The Morgan fingerprint density at radius 2 is 1.95 bits per heavy atom. The fraction of sp³-hybridized carbons (Fsp3) is 0.0833. The van der Waals surface area contributed by atoms with Gasteiger partial charge in [0.15, 0.2) is 21.8 Å². The monoisotopic (exact) mass is 313 g/mol. The van der Waals surface area contributed by atoms with Crippen LogP contribution >= 0.6 is 23.2 Å². The minimum atomic E-state index is -0.512. The molecule has 2 aromatic rings. The number of carbonyl (C=O) groups excluding carboxylic acids is 1. The zero-order valence-electron chi connectivity index (χ0n) is 10.2. The number of aromatic hydroxyl groups is 1. The van der Waals surface area contributed by atoms with Gasteiger partial charge in [-0.15, -0.1) is 0 Å². The first-order valence-electron chi connectivity index (χ1n) is 5.37. The average molecular weight is 314 g/mol. The number of carbonyl (C=O) groups is 1. The van der Waals surface area contributed by atoms with Gasteiger partial charge in [-0.05, 0) is 18.2 Å². The van der Waals surface area contributed by atoms with Crippen molar-refractivity contribution in [2.24, 2.45) is 0 Å². The summed E-state index contributed by atoms with van der Waals surface area (Å²) in [6.07, 6.45) is 1.18. The summed E-state index contributed by atoms with van der Waals surface area (Å²) in [7, 11) is 1.41. The highest BCUT2D eigenvalue weighted by Crippen LogP contribution is 2.29. The fourth-order valence-corrected chi connectivity index (χ4v) is 1.87. The second-order valence-corrected chi connectivity index (χ2v) is 4.39. The second kappa shape index (κ2) is 5.94. The minimum Gasteiger partial charge on any atom is -0.504 e. The molecule has 2 rings (SSSR count). The van der Waals surface area contributed by atoms with Gasteiger partial charge in [0.1, 0.15) is 12.0 Å². The van der Waals surface area contributed by atoms with Gasteiger partial charge in [-0.3, -0.25) is 4.79 Å². The Morgan fingerprint density at radius 3 is 2.50 bits per heavy atom. The Balaban J connectivity index is 2.26. The van der Waals surface area contributed by atoms with E-state index in [2.05, 4.69) is 15.3 Å². The second-order valence-electron chi connectivity index (χ2n) is 3.67. The topological polar surface area (TPSA) is 84.3 Å². The maximum atomic E-state index is 12.0. The number of hydrogen-bond donors (Lipinski definition) is 2. The van der Waals surface area contributed by atoms with Crippen molar-refractivity contribution in [3.8, 4) is 11.5 Å². The molecule has 1 aromatic carbocycles. The Labute approximate surface area is 124 Å². The van der Waals surface area contributed by atoms with Gasteiger partial charge >= 0.3 is 0 Å². The molecule has 0 aliphatic carbocycles. The summed E-state index contributed by atoms with van der Waals surface area (Å²) in [6, 6.07) is 4.22. The normalized spacial score (nSPS) is 10.2. The van der Waals surface area contributed by atoms with Gasteiger partial charge in [-0.2, -0.15) is 0 Å². The van der Waals surface area contributed by atoms with Crippen molar-refractivity contribution in [1.82, 2.24) is 9.97 Å². The third-order valence-corrected chi connectivity index (χ3v) is 3.01. The molecule has 0 radical (unpaired) electrons. The van der Waals surface area contributed by atoms with Gasteiger partial charge < -0.3 is 15.2 Å². The van der Waals surface area contributed by atoms with Gasteiger partial charge in [0.2, 0.25) is 0 Å². The maximum Gasteiger partial charge on any atom is 0.255 e. The number of nitrogens with zero attached hydrogens (tertiary/aromatic N) is 2. The number of phenols is 1. The molecule has 0 aliphatic heterocycles. The molecule has 20 heavy (non-hydrogen) atoms. The highest BCUT2D eigenvalue weighted by atomic mass is 35.5. The van der Waals surface area contributed by atoms with Crippen LogP contribution in [0.4, 0.5) is 5.69 Å². The Kier molecular flexibility index (Phi) is 4.26. The summed E-state index contributed by atoms with van der Waals surface area (Å²) in [5, 5.41) is 12.2. The Morgan fingerprint density at radius 1 is 1.30 bits per heavy atom. The van der Waals surface area contributed by atoms with E-state index < -0.39 is 5.91 Å². The van der Waals surface area contributed by atoms with Gasteiger partial charge in [-0.1, -0.05) is 23.2 Å². The molecule has 1 aromatic heterocycles.